The second-order valence-electron chi connectivity index (χ2n) is 3.65. The van der Waals surface area contributed by atoms with Crippen molar-refractivity contribution in [2.24, 2.45) is 22.5 Å². The number of amides is 2. The monoisotopic (exact) mass is 233 g/mol. The largest absolute Gasteiger partial charge is 0.381 e. The Balaban J connectivity index is 2.36. The molecule has 0 aromatic heterocycles. The third-order valence-corrected chi connectivity index (χ3v) is 2.52. The van der Waals surface area contributed by atoms with Crippen LogP contribution in [-0.2, 0) is 14.4 Å². The second-order valence-corrected chi connectivity index (χ2v) is 3.65. The van der Waals surface area contributed by atoms with E-state index in [4.69, 9.17) is 16.3 Å². The number of primary amides is 2. The summed E-state index contributed by atoms with van der Waals surface area (Å²) < 4.78 is 0. The molecule has 0 saturated heterocycles. The Bertz CT molecular complexity index is 484. The molecule has 0 spiro atoms. The summed E-state index contributed by atoms with van der Waals surface area (Å²) in [6.45, 7) is 0. The standard InChI is InChI=1S/C11H11N3O3/c12-10(15)7-8(6-4-2-1-3-5-6)14-17-9(7)11(13)16/h1-5,7,9H,(H2,12,15)(H2,13,16)/t7-,9-/m1/s1. The fourth-order valence-corrected chi connectivity index (χ4v) is 1.72. The zero-order valence-electron chi connectivity index (χ0n) is 8.87. The van der Waals surface area contributed by atoms with E-state index in [1.807, 2.05) is 6.07 Å². The highest BCUT2D eigenvalue weighted by Gasteiger charge is 2.42. The molecule has 0 unspecified atom stereocenters. The Hall–Kier alpha value is -2.37. The molecule has 2 rings (SSSR count). The summed E-state index contributed by atoms with van der Waals surface area (Å²) in [5, 5.41) is 3.73. The van der Waals surface area contributed by atoms with Crippen LogP contribution in [0.25, 0.3) is 0 Å². The zero-order chi connectivity index (χ0) is 12.4. The lowest BCUT2D eigenvalue weighted by atomic mass is 9.91. The van der Waals surface area contributed by atoms with Gasteiger partial charge < -0.3 is 16.3 Å². The highest BCUT2D eigenvalue weighted by Crippen LogP contribution is 2.22. The first-order valence-corrected chi connectivity index (χ1v) is 4.99. The van der Waals surface area contributed by atoms with Gasteiger partial charge in [0.05, 0.1) is 0 Å². The van der Waals surface area contributed by atoms with Gasteiger partial charge in [0.2, 0.25) is 12.0 Å². The first kappa shape index (κ1) is 11.1. The lowest BCUT2D eigenvalue weighted by molar-refractivity contribution is -0.135. The maximum atomic E-state index is 11.4. The van der Waals surface area contributed by atoms with E-state index >= 15 is 0 Å². The molecule has 0 radical (unpaired) electrons. The smallest absolute Gasteiger partial charge is 0.262 e. The molecule has 88 valence electrons. The molecule has 0 fully saturated rings. The van der Waals surface area contributed by atoms with Crippen LogP contribution in [0.1, 0.15) is 5.56 Å². The maximum Gasteiger partial charge on any atom is 0.262 e. The highest BCUT2D eigenvalue weighted by molar-refractivity contribution is 6.16. The van der Waals surface area contributed by atoms with Gasteiger partial charge in [-0.25, -0.2) is 0 Å². The van der Waals surface area contributed by atoms with E-state index in [-0.39, 0.29) is 0 Å². The third-order valence-electron chi connectivity index (χ3n) is 2.52. The first-order chi connectivity index (χ1) is 8.11. The van der Waals surface area contributed by atoms with Gasteiger partial charge in [0, 0.05) is 5.56 Å². The molecule has 1 aliphatic heterocycles. The van der Waals surface area contributed by atoms with E-state index in [0.29, 0.717) is 11.3 Å². The molecule has 1 aliphatic rings. The summed E-state index contributed by atoms with van der Waals surface area (Å²) in [6, 6.07) is 8.90. The Morgan fingerprint density at radius 2 is 1.76 bits per heavy atom. The normalized spacial score (nSPS) is 22.7. The van der Waals surface area contributed by atoms with Crippen LogP contribution in [0.2, 0.25) is 0 Å². The lowest BCUT2D eigenvalue weighted by Gasteiger charge is -2.12. The summed E-state index contributed by atoms with van der Waals surface area (Å²) in [5.41, 5.74) is 11.4. The van der Waals surface area contributed by atoms with E-state index in [1.54, 1.807) is 24.3 Å². The Morgan fingerprint density at radius 1 is 1.12 bits per heavy atom. The summed E-state index contributed by atoms with van der Waals surface area (Å²) in [7, 11) is 0. The molecule has 0 saturated carbocycles. The van der Waals surface area contributed by atoms with Gasteiger partial charge in [0.1, 0.15) is 11.6 Å². The van der Waals surface area contributed by atoms with Crippen molar-refractivity contribution in [3.8, 4) is 0 Å². The summed E-state index contributed by atoms with van der Waals surface area (Å²) in [6.07, 6.45) is -1.12. The van der Waals surface area contributed by atoms with E-state index in [0.717, 1.165) is 0 Å². The Kier molecular flexibility index (Phi) is 2.78. The number of nitrogens with zero attached hydrogens (tertiary/aromatic N) is 1. The zero-order valence-corrected chi connectivity index (χ0v) is 8.87. The molecule has 0 bridgehead atoms. The summed E-state index contributed by atoms with van der Waals surface area (Å²) in [4.78, 5) is 27.3. The quantitative estimate of drug-likeness (QED) is 0.725. The van der Waals surface area contributed by atoms with Crippen LogP contribution in [-0.4, -0.2) is 23.6 Å². The number of carbonyl (C=O) groups is 2. The maximum absolute atomic E-state index is 11.4. The molecule has 1 aromatic rings. The second kappa shape index (κ2) is 4.25. The van der Waals surface area contributed by atoms with Crippen LogP contribution < -0.4 is 11.5 Å². The van der Waals surface area contributed by atoms with Gasteiger partial charge in [0.15, 0.2) is 0 Å². The summed E-state index contributed by atoms with van der Waals surface area (Å²) in [5.74, 6) is -2.38. The lowest BCUT2D eigenvalue weighted by Crippen LogP contribution is -2.43. The fraction of sp³-hybridized carbons (Fsp3) is 0.182. The van der Waals surface area contributed by atoms with Crippen molar-refractivity contribution in [3.63, 3.8) is 0 Å². The molecule has 2 atom stereocenters. The fourth-order valence-electron chi connectivity index (χ4n) is 1.72. The van der Waals surface area contributed by atoms with Gasteiger partial charge in [-0.1, -0.05) is 35.5 Å². The number of carbonyl (C=O) groups excluding carboxylic acids is 2. The van der Waals surface area contributed by atoms with Crippen LogP contribution in [0.15, 0.2) is 35.5 Å². The average molecular weight is 233 g/mol. The minimum atomic E-state index is -1.12. The third kappa shape index (κ3) is 1.96. The van der Waals surface area contributed by atoms with Crippen LogP contribution in [0.4, 0.5) is 0 Å². The van der Waals surface area contributed by atoms with Gasteiger partial charge in [-0.3, -0.25) is 9.59 Å². The van der Waals surface area contributed by atoms with E-state index < -0.39 is 23.8 Å². The van der Waals surface area contributed by atoms with Gasteiger partial charge in [-0.15, -0.1) is 0 Å². The number of oxime groups is 1. The predicted octanol–water partition coefficient (Wildman–Crippen LogP) is -0.624. The van der Waals surface area contributed by atoms with Gasteiger partial charge in [-0.05, 0) is 0 Å². The predicted molar refractivity (Wildman–Crippen MR) is 59.7 cm³/mol. The molecular weight excluding hydrogens is 222 g/mol. The molecule has 17 heavy (non-hydrogen) atoms. The van der Waals surface area contributed by atoms with Gasteiger partial charge in [0.25, 0.3) is 5.91 Å². The van der Waals surface area contributed by atoms with Crippen molar-refractivity contribution in [2.75, 3.05) is 0 Å². The number of benzene rings is 1. The van der Waals surface area contributed by atoms with Crippen molar-refractivity contribution >= 4 is 17.5 Å². The number of rotatable bonds is 3. The Labute approximate surface area is 97.2 Å². The molecule has 1 heterocycles. The molecule has 6 nitrogen and oxygen atoms in total. The van der Waals surface area contributed by atoms with E-state index in [9.17, 15) is 9.59 Å². The highest BCUT2D eigenvalue weighted by atomic mass is 16.6. The van der Waals surface area contributed by atoms with Crippen molar-refractivity contribution in [3.05, 3.63) is 35.9 Å². The summed E-state index contributed by atoms with van der Waals surface area (Å²) >= 11 is 0. The molecule has 6 heteroatoms. The topological polar surface area (TPSA) is 108 Å². The number of hydrogen-bond acceptors (Lipinski definition) is 4. The first-order valence-electron chi connectivity index (χ1n) is 4.99. The van der Waals surface area contributed by atoms with E-state index in [1.165, 1.54) is 0 Å². The van der Waals surface area contributed by atoms with Crippen LogP contribution >= 0.6 is 0 Å². The minimum Gasteiger partial charge on any atom is -0.381 e. The van der Waals surface area contributed by atoms with Crippen molar-refractivity contribution < 1.29 is 14.4 Å². The average Bonchev–Trinajstić information content (AvgIpc) is 2.74. The minimum absolute atomic E-state index is 0.335. The van der Waals surface area contributed by atoms with Gasteiger partial charge in [-0.2, -0.15) is 0 Å². The van der Waals surface area contributed by atoms with Crippen molar-refractivity contribution in [2.45, 2.75) is 6.10 Å². The van der Waals surface area contributed by atoms with Crippen LogP contribution in [0.5, 0.6) is 0 Å². The van der Waals surface area contributed by atoms with E-state index in [2.05, 4.69) is 5.16 Å². The molecule has 4 N–H and O–H groups in total. The Morgan fingerprint density at radius 3 is 2.29 bits per heavy atom. The van der Waals surface area contributed by atoms with Crippen molar-refractivity contribution in [1.82, 2.24) is 0 Å². The molecule has 0 aliphatic carbocycles. The van der Waals surface area contributed by atoms with Crippen LogP contribution in [0.3, 0.4) is 0 Å². The SMILES string of the molecule is NC(=O)[C@@H]1C(c2ccccc2)=NO[C@H]1C(N)=O. The molecular formula is C11H11N3O3. The molecule has 2 amide bonds. The van der Waals surface area contributed by atoms with Crippen LogP contribution in [0, 0.1) is 5.92 Å². The number of hydrogen-bond donors (Lipinski definition) is 2. The number of nitrogens with two attached hydrogens (primary N) is 2. The molecule has 1 aromatic carbocycles. The van der Waals surface area contributed by atoms with Gasteiger partial charge >= 0.3 is 0 Å². The van der Waals surface area contributed by atoms with Crippen molar-refractivity contribution in [1.29, 1.82) is 0 Å².